The van der Waals surface area contributed by atoms with Gasteiger partial charge in [-0.3, -0.25) is 0 Å². The first kappa shape index (κ1) is 41.5. The largest absolute Gasteiger partial charge is 0.455 e. The molecule has 11 aromatic carbocycles. The molecule has 4 nitrogen and oxygen atoms in total. The molecular weight excluding hydrogens is 869 g/mol. The van der Waals surface area contributed by atoms with Crippen LogP contribution in [0.2, 0.25) is 19.6 Å². The van der Waals surface area contributed by atoms with Crippen molar-refractivity contribution in [2.24, 2.45) is 0 Å². The van der Waals surface area contributed by atoms with Gasteiger partial charge in [0, 0.05) is 55.6 Å². The summed E-state index contributed by atoms with van der Waals surface area (Å²) in [6.45, 7) is 7.19. The van der Waals surface area contributed by atoms with Crippen molar-refractivity contribution in [3.8, 4) is 22.3 Å². The fourth-order valence-corrected chi connectivity index (χ4v) is 11.7. The second-order valence-corrected chi connectivity index (χ2v) is 24.4. The highest BCUT2D eigenvalue weighted by Gasteiger charge is 2.25. The summed E-state index contributed by atoms with van der Waals surface area (Å²) in [6, 6.07) is 85.0. The zero-order valence-corrected chi connectivity index (χ0v) is 40.2. The lowest BCUT2D eigenvalue weighted by Crippen LogP contribution is -2.37. The molecule has 0 radical (unpaired) electrons. The lowest BCUT2D eigenvalue weighted by Gasteiger charge is -2.27. The van der Waals surface area contributed by atoms with E-state index in [0.29, 0.717) is 0 Å². The van der Waals surface area contributed by atoms with Crippen LogP contribution in [0.15, 0.2) is 245 Å². The number of benzene rings is 11. The van der Waals surface area contributed by atoms with Crippen molar-refractivity contribution in [1.29, 1.82) is 0 Å². The molecule has 13 aromatic rings. The average molecular weight is 917 g/mol. The highest BCUT2D eigenvalue weighted by Crippen LogP contribution is 2.48. The molecule has 0 amide bonds. The minimum atomic E-state index is -1.44. The van der Waals surface area contributed by atoms with Crippen LogP contribution in [0.25, 0.3) is 87.7 Å². The standard InChI is InChI=1S/C65H48N2O2Si/c1-70(2,3)50-37-34-48(35-38-50)66(46-19-8-5-9-20-46)47-32-29-43(30-33-47)45-31-39-56-58(41-45)52-22-10-11-24-54(52)63-57-40-36-49(42-62(57)69-65(56)63)67(59-26-14-12-21-51(59)44-17-6-4-7-18-44)60-27-16-25-55-53-23-13-15-28-61(53)68-64(55)60/h4-42H,1-3H3. The van der Waals surface area contributed by atoms with Crippen LogP contribution < -0.4 is 15.0 Å². The van der Waals surface area contributed by atoms with Gasteiger partial charge < -0.3 is 18.6 Å². The summed E-state index contributed by atoms with van der Waals surface area (Å²) in [7, 11) is -1.44. The summed E-state index contributed by atoms with van der Waals surface area (Å²) in [5.74, 6) is 0. The minimum Gasteiger partial charge on any atom is -0.455 e. The van der Waals surface area contributed by atoms with Crippen molar-refractivity contribution in [3.63, 3.8) is 0 Å². The molecule has 5 heteroatoms. The predicted octanol–water partition coefficient (Wildman–Crippen LogP) is 18.6. The van der Waals surface area contributed by atoms with Crippen LogP contribution in [0.3, 0.4) is 0 Å². The van der Waals surface area contributed by atoms with Gasteiger partial charge in [0.25, 0.3) is 0 Å². The van der Waals surface area contributed by atoms with Crippen molar-refractivity contribution in [2.75, 3.05) is 9.80 Å². The van der Waals surface area contributed by atoms with E-state index in [1.807, 2.05) is 12.1 Å². The van der Waals surface area contributed by atoms with E-state index in [1.54, 1.807) is 0 Å². The van der Waals surface area contributed by atoms with E-state index in [9.17, 15) is 0 Å². The Hall–Kier alpha value is -8.64. The van der Waals surface area contributed by atoms with E-state index >= 15 is 0 Å². The van der Waals surface area contributed by atoms with Crippen LogP contribution in [0.4, 0.5) is 34.1 Å². The molecule has 0 atom stereocenters. The predicted molar refractivity (Wildman–Crippen MR) is 299 cm³/mol. The van der Waals surface area contributed by atoms with Crippen LogP contribution in [0.5, 0.6) is 0 Å². The van der Waals surface area contributed by atoms with Crippen LogP contribution in [-0.2, 0) is 0 Å². The Morgan fingerprint density at radius 3 is 1.64 bits per heavy atom. The molecule has 0 N–H and O–H groups in total. The molecule has 0 unspecified atom stereocenters. The van der Waals surface area contributed by atoms with E-state index in [-0.39, 0.29) is 0 Å². The number of anilines is 6. The summed E-state index contributed by atoms with van der Waals surface area (Å²) in [5.41, 5.74) is 14.3. The van der Waals surface area contributed by atoms with Gasteiger partial charge in [-0.05, 0) is 112 Å². The average Bonchev–Trinajstić information content (AvgIpc) is 3.99. The van der Waals surface area contributed by atoms with E-state index in [0.717, 1.165) is 111 Å². The first-order valence-corrected chi connectivity index (χ1v) is 27.6. The number of hydrogen-bond acceptors (Lipinski definition) is 4. The topological polar surface area (TPSA) is 32.8 Å². The first-order valence-electron chi connectivity index (χ1n) is 24.1. The number of nitrogens with zero attached hydrogens (tertiary/aromatic N) is 2. The number of fused-ring (bicyclic) bond motifs is 11. The number of hydrogen-bond donors (Lipinski definition) is 0. The third-order valence-corrected chi connectivity index (χ3v) is 16.1. The van der Waals surface area contributed by atoms with Gasteiger partial charge in [0.05, 0.1) is 25.1 Å². The first-order chi connectivity index (χ1) is 34.4. The Morgan fingerprint density at radius 2 is 0.871 bits per heavy atom. The third-order valence-electron chi connectivity index (χ3n) is 14.0. The third kappa shape index (κ3) is 6.97. The minimum absolute atomic E-state index is 0.821. The molecule has 2 heterocycles. The van der Waals surface area contributed by atoms with Crippen LogP contribution in [0.1, 0.15) is 0 Å². The fourth-order valence-electron chi connectivity index (χ4n) is 10.5. The zero-order valence-electron chi connectivity index (χ0n) is 39.2. The van der Waals surface area contributed by atoms with Gasteiger partial charge in [0.1, 0.15) is 16.7 Å². The molecule has 70 heavy (non-hydrogen) atoms. The molecule has 0 saturated carbocycles. The molecule has 0 aliphatic carbocycles. The summed E-state index contributed by atoms with van der Waals surface area (Å²) >= 11 is 0. The molecule has 0 aliphatic rings. The molecule has 0 fully saturated rings. The van der Waals surface area contributed by atoms with Crippen LogP contribution in [0, 0.1) is 0 Å². The number of furan rings is 2. The van der Waals surface area contributed by atoms with Gasteiger partial charge in [-0.25, -0.2) is 0 Å². The Bertz CT molecular complexity index is 4090. The van der Waals surface area contributed by atoms with Gasteiger partial charge in [-0.15, -0.1) is 0 Å². The lowest BCUT2D eigenvalue weighted by molar-refractivity contribution is 0.668. The molecule has 0 spiro atoms. The van der Waals surface area contributed by atoms with Gasteiger partial charge in [0.2, 0.25) is 0 Å². The Kier molecular flexibility index (Phi) is 9.82. The Labute approximate surface area is 407 Å². The van der Waals surface area contributed by atoms with Crippen molar-refractivity contribution >= 4 is 113 Å². The van der Waals surface area contributed by atoms with E-state index in [1.165, 1.54) is 16.0 Å². The maximum Gasteiger partial charge on any atom is 0.159 e. The molecule has 2 aromatic heterocycles. The molecule has 0 saturated heterocycles. The highest BCUT2D eigenvalue weighted by atomic mass is 28.3. The van der Waals surface area contributed by atoms with E-state index in [4.69, 9.17) is 8.83 Å². The quantitative estimate of drug-likeness (QED) is 0.107. The highest BCUT2D eigenvalue weighted by molar-refractivity contribution is 6.88. The van der Waals surface area contributed by atoms with Gasteiger partial charge >= 0.3 is 0 Å². The molecule has 334 valence electrons. The summed E-state index contributed by atoms with van der Waals surface area (Å²) in [4.78, 5) is 4.67. The SMILES string of the molecule is C[Si](C)(C)c1ccc(N(c2ccccc2)c2ccc(-c3ccc4c(c3)c3ccccc3c3c5ccc(N(c6ccccc6-c6ccccc6)c6cccc7c6oc6ccccc67)cc5oc43)cc2)cc1. The maximum atomic E-state index is 7.13. The maximum absolute atomic E-state index is 7.13. The van der Waals surface area contributed by atoms with Gasteiger partial charge in [0.15, 0.2) is 5.58 Å². The van der Waals surface area contributed by atoms with Crippen molar-refractivity contribution in [1.82, 2.24) is 0 Å². The van der Waals surface area contributed by atoms with Crippen molar-refractivity contribution in [2.45, 2.75) is 19.6 Å². The molecular formula is C65H48N2O2Si. The smallest absolute Gasteiger partial charge is 0.159 e. The molecule has 0 aliphatic heterocycles. The Morgan fingerprint density at radius 1 is 0.314 bits per heavy atom. The molecule has 13 rings (SSSR count). The Balaban J connectivity index is 0.943. The van der Waals surface area contributed by atoms with Crippen LogP contribution >= 0.6 is 0 Å². The second kappa shape index (κ2) is 16.5. The van der Waals surface area contributed by atoms with E-state index < -0.39 is 8.07 Å². The van der Waals surface area contributed by atoms with Gasteiger partial charge in [-0.1, -0.05) is 176 Å². The van der Waals surface area contributed by atoms with E-state index in [2.05, 4.69) is 254 Å². The van der Waals surface area contributed by atoms with Crippen LogP contribution in [-0.4, -0.2) is 8.07 Å². The lowest BCUT2D eigenvalue weighted by atomic mass is 9.94. The second-order valence-electron chi connectivity index (χ2n) is 19.3. The monoisotopic (exact) mass is 916 g/mol. The normalized spacial score (nSPS) is 11.9. The summed E-state index contributed by atoms with van der Waals surface area (Å²) < 4.78 is 13.9. The summed E-state index contributed by atoms with van der Waals surface area (Å²) in [5, 5.41) is 10.4. The fraction of sp³-hybridized carbons (Fsp3) is 0.0462. The van der Waals surface area contributed by atoms with Gasteiger partial charge in [-0.2, -0.15) is 0 Å². The summed E-state index contributed by atoms with van der Waals surface area (Å²) in [6.07, 6.45) is 0. The number of para-hydroxylation sites is 4. The molecule has 0 bridgehead atoms. The zero-order chi connectivity index (χ0) is 46.9. The van der Waals surface area contributed by atoms with Crippen molar-refractivity contribution < 1.29 is 8.83 Å². The number of rotatable bonds is 9. The van der Waals surface area contributed by atoms with Crippen molar-refractivity contribution in [3.05, 3.63) is 237 Å².